The van der Waals surface area contributed by atoms with E-state index in [9.17, 15) is 9.59 Å². The Kier molecular flexibility index (Phi) is 12.7. The Morgan fingerprint density at radius 3 is 1.47 bits per heavy atom. The first-order valence-electron chi connectivity index (χ1n) is 5.85. The van der Waals surface area contributed by atoms with Crippen molar-refractivity contribution in [3.63, 3.8) is 0 Å². The van der Waals surface area contributed by atoms with Crippen LogP contribution in [0.5, 0.6) is 0 Å². The van der Waals surface area contributed by atoms with Crippen LogP contribution in [-0.2, 0) is 19.1 Å². The average Bonchev–Trinajstić information content (AvgIpc) is 1.95. The molecule has 0 saturated heterocycles. The molecule has 0 aliphatic rings. The summed E-state index contributed by atoms with van der Waals surface area (Å²) in [5.74, 6) is -0.373. The van der Waals surface area contributed by atoms with Crippen LogP contribution in [0.3, 0.4) is 0 Å². The van der Waals surface area contributed by atoms with Crippen molar-refractivity contribution in [1.82, 2.24) is 0 Å². The van der Waals surface area contributed by atoms with Crippen LogP contribution in [0.2, 0.25) is 0 Å². The highest BCUT2D eigenvalue weighted by molar-refractivity contribution is 9.09. The molecule has 0 aliphatic heterocycles. The standard InChI is InChI=1S/C7H13BrO2.C6H12O2.CH4/c1-7(2,3)10-6(9)4-5-8;1-5(7)8-6(2,3)4;/h4-5H2,1-3H3;1-4H3;1H4. The minimum Gasteiger partial charge on any atom is -0.460 e. The molecule has 116 valence electrons. The largest absolute Gasteiger partial charge is 0.460 e. The number of hydrogen-bond acceptors (Lipinski definition) is 4. The molecule has 0 bridgehead atoms. The maximum atomic E-state index is 10.8. The highest BCUT2D eigenvalue weighted by atomic mass is 79.9. The Hall–Kier alpha value is -0.580. The van der Waals surface area contributed by atoms with Crippen LogP contribution in [0.4, 0.5) is 0 Å². The van der Waals surface area contributed by atoms with Gasteiger partial charge in [0.05, 0.1) is 6.42 Å². The van der Waals surface area contributed by atoms with Crippen LogP contribution >= 0.6 is 15.9 Å². The molecule has 0 N–H and O–H groups in total. The number of halogens is 1. The lowest BCUT2D eigenvalue weighted by atomic mass is 10.2. The normalized spacial score (nSPS) is 10.5. The van der Waals surface area contributed by atoms with Gasteiger partial charge in [-0.25, -0.2) is 0 Å². The number of ether oxygens (including phenoxy) is 2. The third-order valence-electron chi connectivity index (χ3n) is 1.17. The first kappa shape index (κ1) is 23.5. The highest BCUT2D eigenvalue weighted by Gasteiger charge is 2.14. The van der Waals surface area contributed by atoms with E-state index in [1.54, 1.807) is 0 Å². The Morgan fingerprint density at radius 1 is 0.947 bits per heavy atom. The molecule has 0 radical (unpaired) electrons. The molecule has 0 saturated carbocycles. The van der Waals surface area contributed by atoms with E-state index in [0.717, 1.165) is 0 Å². The molecule has 19 heavy (non-hydrogen) atoms. The molecule has 0 amide bonds. The summed E-state index contributed by atoms with van der Waals surface area (Å²) in [6, 6.07) is 0. The summed E-state index contributed by atoms with van der Waals surface area (Å²) < 4.78 is 9.81. The van der Waals surface area contributed by atoms with E-state index in [4.69, 9.17) is 9.47 Å². The Morgan fingerprint density at radius 2 is 1.32 bits per heavy atom. The zero-order valence-corrected chi connectivity index (χ0v) is 14.0. The van der Waals surface area contributed by atoms with Crippen LogP contribution in [0.1, 0.15) is 62.3 Å². The van der Waals surface area contributed by atoms with Crippen molar-refractivity contribution in [2.75, 3.05) is 5.33 Å². The quantitative estimate of drug-likeness (QED) is 0.561. The van der Waals surface area contributed by atoms with Crippen molar-refractivity contribution in [2.45, 2.75) is 73.5 Å². The topological polar surface area (TPSA) is 52.6 Å². The van der Waals surface area contributed by atoms with Gasteiger partial charge >= 0.3 is 11.9 Å². The SMILES string of the molecule is C.CC(=O)OC(C)(C)C.CC(C)(C)OC(=O)CCBr. The molecule has 0 spiro atoms. The molecule has 0 unspecified atom stereocenters. The van der Waals surface area contributed by atoms with Gasteiger partial charge < -0.3 is 9.47 Å². The molecular formula is C14H29BrO4. The molecule has 0 rings (SSSR count). The molecule has 4 nitrogen and oxygen atoms in total. The minimum atomic E-state index is -0.348. The van der Waals surface area contributed by atoms with E-state index in [2.05, 4.69) is 15.9 Å². The number of alkyl halides is 1. The van der Waals surface area contributed by atoms with Crippen molar-refractivity contribution in [2.24, 2.45) is 0 Å². The number of carbonyl (C=O) groups excluding carboxylic acids is 2. The van der Waals surface area contributed by atoms with Gasteiger partial charge in [0.15, 0.2) is 0 Å². The van der Waals surface area contributed by atoms with Gasteiger partial charge in [-0.05, 0) is 41.5 Å². The zero-order chi connectivity index (χ0) is 15.0. The van der Waals surface area contributed by atoms with Crippen molar-refractivity contribution < 1.29 is 19.1 Å². The van der Waals surface area contributed by atoms with E-state index < -0.39 is 0 Å². The summed E-state index contributed by atoms with van der Waals surface area (Å²) in [4.78, 5) is 21.0. The maximum absolute atomic E-state index is 10.8. The van der Waals surface area contributed by atoms with Gasteiger partial charge in [0.1, 0.15) is 11.2 Å². The van der Waals surface area contributed by atoms with Crippen LogP contribution in [0.15, 0.2) is 0 Å². The van der Waals surface area contributed by atoms with Gasteiger partial charge in [-0.2, -0.15) is 0 Å². The molecule has 0 fully saturated rings. The number of hydrogen-bond donors (Lipinski definition) is 0. The Labute approximate surface area is 126 Å². The predicted octanol–water partition coefficient (Wildman–Crippen LogP) is 4.10. The van der Waals surface area contributed by atoms with Gasteiger partial charge in [0.2, 0.25) is 0 Å². The molecule has 0 aromatic rings. The third kappa shape index (κ3) is 26.9. The molecule has 0 heterocycles. The summed E-state index contributed by atoms with van der Waals surface area (Å²) in [6.07, 6.45) is 0.442. The summed E-state index contributed by atoms with van der Waals surface area (Å²) in [7, 11) is 0. The van der Waals surface area contributed by atoms with Crippen LogP contribution in [0, 0.1) is 0 Å². The van der Waals surface area contributed by atoms with E-state index in [1.165, 1.54) is 6.92 Å². The second-order valence-electron chi connectivity index (χ2n) is 5.73. The molecule has 0 atom stereocenters. The number of carbonyl (C=O) groups is 2. The van der Waals surface area contributed by atoms with E-state index in [-0.39, 0.29) is 30.6 Å². The molecule has 0 aromatic heterocycles. The minimum absolute atomic E-state index is 0. The van der Waals surface area contributed by atoms with Crippen molar-refractivity contribution in [3.05, 3.63) is 0 Å². The predicted molar refractivity (Wildman–Crippen MR) is 82.5 cm³/mol. The Bertz CT molecular complexity index is 262. The molecule has 0 aromatic carbocycles. The first-order chi connectivity index (χ1) is 7.87. The average molecular weight is 341 g/mol. The monoisotopic (exact) mass is 340 g/mol. The fourth-order valence-electron chi connectivity index (χ4n) is 0.901. The highest BCUT2D eigenvalue weighted by Crippen LogP contribution is 2.08. The fraction of sp³-hybridized carbons (Fsp3) is 0.857. The zero-order valence-electron chi connectivity index (χ0n) is 12.4. The van der Waals surface area contributed by atoms with Crippen molar-refractivity contribution in [3.8, 4) is 0 Å². The van der Waals surface area contributed by atoms with E-state index in [1.807, 2.05) is 41.5 Å². The maximum Gasteiger partial charge on any atom is 0.307 e. The Balaban J connectivity index is -0.000000262. The lowest BCUT2D eigenvalue weighted by Crippen LogP contribution is -2.23. The fourth-order valence-corrected chi connectivity index (χ4v) is 1.22. The van der Waals surface area contributed by atoms with Gasteiger partial charge in [-0.15, -0.1) is 0 Å². The van der Waals surface area contributed by atoms with Gasteiger partial charge in [0, 0.05) is 12.3 Å². The van der Waals surface area contributed by atoms with Crippen molar-refractivity contribution >= 4 is 27.9 Å². The molecular weight excluding hydrogens is 312 g/mol. The summed E-state index contributed by atoms with van der Waals surface area (Å²) >= 11 is 3.16. The lowest BCUT2D eigenvalue weighted by molar-refractivity contribution is -0.154. The second kappa shape index (κ2) is 10.2. The second-order valence-corrected chi connectivity index (χ2v) is 6.52. The van der Waals surface area contributed by atoms with E-state index >= 15 is 0 Å². The first-order valence-corrected chi connectivity index (χ1v) is 6.97. The number of rotatable bonds is 2. The van der Waals surface area contributed by atoms with E-state index in [0.29, 0.717) is 11.8 Å². The van der Waals surface area contributed by atoms with Gasteiger partial charge in [0.25, 0.3) is 0 Å². The molecule has 5 heteroatoms. The third-order valence-corrected chi connectivity index (χ3v) is 1.57. The van der Waals surface area contributed by atoms with Gasteiger partial charge in [-0.1, -0.05) is 23.4 Å². The molecule has 0 aliphatic carbocycles. The van der Waals surface area contributed by atoms with Crippen LogP contribution in [-0.4, -0.2) is 28.5 Å². The van der Waals surface area contributed by atoms with Crippen LogP contribution < -0.4 is 0 Å². The van der Waals surface area contributed by atoms with Crippen molar-refractivity contribution in [1.29, 1.82) is 0 Å². The lowest BCUT2D eigenvalue weighted by Gasteiger charge is -2.18. The smallest absolute Gasteiger partial charge is 0.307 e. The summed E-state index contributed by atoms with van der Waals surface area (Å²) in [6.45, 7) is 12.5. The van der Waals surface area contributed by atoms with Gasteiger partial charge in [-0.3, -0.25) is 9.59 Å². The van der Waals surface area contributed by atoms with Crippen LogP contribution in [0.25, 0.3) is 0 Å². The summed E-state index contributed by atoms with van der Waals surface area (Å²) in [5, 5.41) is 0.669. The summed E-state index contributed by atoms with van der Waals surface area (Å²) in [5.41, 5.74) is -0.676. The number of esters is 2.